The fourth-order valence-electron chi connectivity index (χ4n) is 1.26. The van der Waals surface area contributed by atoms with E-state index in [1.54, 1.807) is 0 Å². The normalized spacial score (nSPS) is 24.3. The zero-order valence-electron chi connectivity index (χ0n) is 6.81. The van der Waals surface area contributed by atoms with Crippen molar-refractivity contribution in [2.45, 2.75) is 25.4 Å². The van der Waals surface area contributed by atoms with Crippen molar-refractivity contribution in [1.29, 1.82) is 0 Å². The highest BCUT2D eigenvalue weighted by molar-refractivity contribution is 6.17. The highest BCUT2D eigenvalue weighted by atomic mass is 35.5. The molecule has 1 unspecified atom stereocenters. The zero-order chi connectivity index (χ0) is 7.94. The highest BCUT2D eigenvalue weighted by Gasteiger charge is 2.13. The molecule has 1 aliphatic heterocycles. The van der Waals surface area contributed by atoms with E-state index in [9.17, 15) is 0 Å². The first-order chi connectivity index (χ1) is 5.43. The maximum atomic E-state index is 5.53. The lowest BCUT2D eigenvalue weighted by atomic mass is 10.2. The van der Waals surface area contributed by atoms with Crippen molar-refractivity contribution in [2.24, 2.45) is 0 Å². The highest BCUT2D eigenvalue weighted by Crippen LogP contribution is 2.10. The topological polar surface area (TPSA) is 21.3 Å². The summed E-state index contributed by atoms with van der Waals surface area (Å²) >= 11 is 5.53. The third-order valence-corrected chi connectivity index (χ3v) is 2.15. The fraction of sp³-hybridized carbons (Fsp3) is 1.00. The lowest BCUT2D eigenvalue weighted by Gasteiger charge is -2.09. The van der Waals surface area contributed by atoms with Crippen molar-refractivity contribution in [2.75, 3.05) is 25.6 Å². The lowest BCUT2D eigenvalue weighted by Crippen LogP contribution is -2.27. The maximum Gasteiger partial charge on any atom is 0.0700 e. The molecule has 66 valence electrons. The Morgan fingerprint density at radius 2 is 2.45 bits per heavy atom. The van der Waals surface area contributed by atoms with E-state index < -0.39 is 0 Å². The second-order valence-electron chi connectivity index (χ2n) is 2.88. The predicted molar refractivity (Wildman–Crippen MR) is 47.2 cm³/mol. The van der Waals surface area contributed by atoms with E-state index >= 15 is 0 Å². The molecule has 1 N–H and O–H groups in total. The van der Waals surface area contributed by atoms with Gasteiger partial charge in [-0.15, -0.1) is 11.6 Å². The van der Waals surface area contributed by atoms with Crippen LogP contribution in [0.15, 0.2) is 0 Å². The molecular weight excluding hydrogens is 162 g/mol. The van der Waals surface area contributed by atoms with Crippen LogP contribution >= 0.6 is 11.6 Å². The molecule has 3 heteroatoms. The van der Waals surface area contributed by atoms with Gasteiger partial charge in [-0.1, -0.05) is 0 Å². The smallest absolute Gasteiger partial charge is 0.0700 e. The molecule has 1 atom stereocenters. The molecule has 0 amide bonds. The summed E-state index contributed by atoms with van der Waals surface area (Å²) in [6.45, 7) is 2.96. The quantitative estimate of drug-likeness (QED) is 0.506. The number of rotatable bonds is 5. The van der Waals surface area contributed by atoms with Crippen molar-refractivity contribution < 1.29 is 4.74 Å². The molecule has 0 bridgehead atoms. The Balaban J connectivity index is 1.86. The van der Waals surface area contributed by atoms with Crippen LogP contribution in [0, 0.1) is 0 Å². The van der Waals surface area contributed by atoms with Crippen LogP contribution < -0.4 is 5.32 Å². The van der Waals surface area contributed by atoms with Gasteiger partial charge < -0.3 is 10.1 Å². The maximum absolute atomic E-state index is 5.53. The molecular formula is C8H16ClNO. The number of hydrogen-bond acceptors (Lipinski definition) is 2. The van der Waals surface area contributed by atoms with Gasteiger partial charge in [-0.25, -0.2) is 0 Å². The zero-order valence-corrected chi connectivity index (χ0v) is 7.57. The summed E-state index contributed by atoms with van der Waals surface area (Å²) in [6.07, 6.45) is 3.95. The molecule has 1 fully saturated rings. The van der Waals surface area contributed by atoms with Gasteiger partial charge in [0.05, 0.1) is 6.10 Å². The third kappa shape index (κ3) is 3.94. The van der Waals surface area contributed by atoms with Gasteiger partial charge >= 0.3 is 0 Å². The van der Waals surface area contributed by atoms with E-state index in [2.05, 4.69) is 5.32 Å². The summed E-state index contributed by atoms with van der Waals surface area (Å²) in [7, 11) is 0. The standard InChI is InChI=1S/C8H16ClNO/c9-4-2-5-10-7-8-3-1-6-11-8/h8,10H,1-7H2. The Labute approximate surface area is 73.3 Å². The van der Waals surface area contributed by atoms with E-state index in [0.717, 1.165) is 32.0 Å². The molecule has 0 saturated carbocycles. The molecule has 0 radical (unpaired) electrons. The number of hydrogen-bond donors (Lipinski definition) is 1. The largest absolute Gasteiger partial charge is 0.377 e. The van der Waals surface area contributed by atoms with Crippen LogP contribution in [0.25, 0.3) is 0 Å². The fourth-order valence-corrected chi connectivity index (χ4v) is 1.39. The summed E-state index contributed by atoms with van der Waals surface area (Å²) in [5.74, 6) is 0.749. The van der Waals surface area contributed by atoms with E-state index in [1.807, 2.05) is 0 Å². The first kappa shape index (κ1) is 9.30. The molecule has 1 heterocycles. The van der Waals surface area contributed by atoms with Crippen LogP contribution in [-0.2, 0) is 4.74 Å². The second kappa shape index (κ2) is 5.81. The number of nitrogens with one attached hydrogen (secondary N) is 1. The van der Waals surface area contributed by atoms with Crippen LogP contribution in [0.3, 0.4) is 0 Å². The van der Waals surface area contributed by atoms with Gasteiger partial charge in [0, 0.05) is 19.0 Å². The Morgan fingerprint density at radius 1 is 1.55 bits per heavy atom. The number of halogens is 1. The van der Waals surface area contributed by atoms with Gasteiger partial charge in [0.1, 0.15) is 0 Å². The molecule has 1 saturated heterocycles. The molecule has 0 aliphatic carbocycles. The van der Waals surface area contributed by atoms with Crippen molar-refractivity contribution >= 4 is 11.6 Å². The Hall–Kier alpha value is 0.210. The molecule has 0 spiro atoms. The molecule has 11 heavy (non-hydrogen) atoms. The van der Waals surface area contributed by atoms with Gasteiger partial charge in [0.15, 0.2) is 0 Å². The summed E-state index contributed by atoms with van der Waals surface area (Å²) in [5, 5.41) is 3.32. The molecule has 0 aromatic carbocycles. The second-order valence-corrected chi connectivity index (χ2v) is 3.26. The van der Waals surface area contributed by atoms with Crippen molar-refractivity contribution in [3.63, 3.8) is 0 Å². The van der Waals surface area contributed by atoms with Gasteiger partial charge in [0.25, 0.3) is 0 Å². The number of ether oxygens (including phenoxy) is 1. The van der Waals surface area contributed by atoms with E-state index in [0.29, 0.717) is 6.10 Å². The first-order valence-corrected chi connectivity index (χ1v) is 4.85. The molecule has 1 rings (SSSR count). The minimum atomic E-state index is 0.463. The summed E-state index contributed by atoms with van der Waals surface area (Å²) < 4.78 is 5.44. The average Bonchev–Trinajstić information content (AvgIpc) is 2.50. The lowest BCUT2D eigenvalue weighted by molar-refractivity contribution is 0.110. The van der Waals surface area contributed by atoms with E-state index in [1.165, 1.54) is 12.8 Å². The van der Waals surface area contributed by atoms with Crippen LogP contribution in [0.4, 0.5) is 0 Å². The predicted octanol–water partition coefficient (Wildman–Crippen LogP) is 1.38. The average molecular weight is 178 g/mol. The van der Waals surface area contributed by atoms with Gasteiger partial charge in [0.2, 0.25) is 0 Å². The minimum Gasteiger partial charge on any atom is -0.377 e. The van der Waals surface area contributed by atoms with E-state index in [-0.39, 0.29) is 0 Å². The third-order valence-electron chi connectivity index (χ3n) is 1.88. The van der Waals surface area contributed by atoms with Gasteiger partial charge in [-0.05, 0) is 25.8 Å². The van der Waals surface area contributed by atoms with Gasteiger partial charge in [-0.2, -0.15) is 0 Å². The summed E-state index contributed by atoms with van der Waals surface area (Å²) in [5.41, 5.74) is 0. The van der Waals surface area contributed by atoms with Crippen LogP contribution in [0.2, 0.25) is 0 Å². The Kier molecular flexibility index (Phi) is 4.91. The Bertz CT molecular complexity index is 94.1. The van der Waals surface area contributed by atoms with Crippen LogP contribution in [0.5, 0.6) is 0 Å². The minimum absolute atomic E-state index is 0.463. The van der Waals surface area contributed by atoms with Crippen LogP contribution in [0.1, 0.15) is 19.3 Å². The molecule has 0 aromatic heterocycles. The van der Waals surface area contributed by atoms with Gasteiger partial charge in [-0.3, -0.25) is 0 Å². The number of alkyl halides is 1. The summed E-state index contributed by atoms with van der Waals surface area (Å²) in [4.78, 5) is 0. The SMILES string of the molecule is ClCCCNCC1CCCO1. The van der Waals surface area contributed by atoms with Crippen molar-refractivity contribution in [1.82, 2.24) is 5.32 Å². The van der Waals surface area contributed by atoms with E-state index in [4.69, 9.17) is 16.3 Å². The molecule has 2 nitrogen and oxygen atoms in total. The van der Waals surface area contributed by atoms with Crippen molar-refractivity contribution in [3.8, 4) is 0 Å². The molecule has 1 aliphatic rings. The van der Waals surface area contributed by atoms with Crippen LogP contribution in [-0.4, -0.2) is 31.7 Å². The monoisotopic (exact) mass is 177 g/mol. The van der Waals surface area contributed by atoms with Crippen molar-refractivity contribution in [3.05, 3.63) is 0 Å². The summed E-state index contributed by atoms with van der Waals surface area (Å²) in [6, 6.07) is 0. The Morgan fingerprint density at radius 3 is 3.09 bits per heavy atom. The molecule has 0 aromatic rings. The first-order valence-electron chi connectivity index (χ1n) is 4.32.